The van der Waals surface area contributed by atoms with E-state index in [4.69, 9.17) is 4.74 Å². The molecule has 2 heterocycles. The van der Waals surface area contributed by atoms with Gasteiger partial charge in [0, 0.05) is 32.1 Å². The normalized spacial score (nSPS) is 20.6. The molecule has 130 valence electrons. The fraction of sp³-hybridized carbons (Fsp3) is 0.429. The van der Waals surface area contributed by atoms with Gasteiger partial charge in [-0.15, -0.1) is 0 Å². The molecule has 0 bridgehead atoms. The van der Waals surface area contributed by atoms with Crippen molar-refractivity contribution < 1.29 is 27.4 Å². The van der Waals surface area contributed by atoms with Crippen LogP contribution in [0.1, 0.15) is 12.5 Å². The van der Waals surface area contributed by atoms with Crippen LogP contribution in [0, 0.1) is 0 Å². The molecule has 0 saturated carbocycles. The first-order valence-electron chi connectivity index (χ1n) is 6.90. The van der Waals surface area contributed by atoms with Crippen LogP contribution in [-0.2, 0) is 14.3 Å². The van der Waals surface area contributed by atoms with Crippen LogP contribution in [0.2, 0.25) is 0 Å². The van der Waals surface area contributed by atoms with Gasteiger partial charge in [-0.05, 0) is 19.1 Å². The van der Waals surface area contributed by atoms with E-state index in [9.17, 15) is 18.0 Å². The number of rotatable bonds is 3. The number of carbonyl (C=O) groups excluding carboxylic acids is 1. The monoisotopic (exact) mass is 344 g/mol. The third kappa shape index (κ3) is 3.17. The van der Waals surface area contributed by atoms with Gasteiger partial charge in [0.15, 0.2) is 0 Å². The van der Waals surface area contributed by atoms with Crippen molar-refractivity contribution in [3.8, 4) is 0 Å². The van der Waals surface area contributed by atoms with Crippen LogP contribution in [0.5, 0.6) is 0 Å². The van der Waals surface area contributed by atoms with Gasteiger partial charge in [0.05, 0.1) is 6.61 Å². The highest BCUT2D eigenvalue weighted by Crippen LogP contribution is 2.39. The third-order valence-electron chi connectivity index (χ3n) is 2.97. The Morgan fingerprint density at radius 2 is 1.92 bits per heavy atom. The molecule has 1 unspecified atom stereocenters. The molecule has 0 amide bonds. The van der Waals surface area contributed by atoms with Gasteiger partial charge in [-0.2, -0.15) is 23.2 Å². The van der Waals surface area contributed by atoms with Gasteiger partial charge < -0.3 is 14.4 Å². The molecule has 0 spiro atoms. The van der Waals surface area contributed by atoms with E-state index >= 15 is 0 Å². The predicted molar refractivity (Wildman–Crippen MR) is 78.4 cm³/mol. The minimum atomic E-state index is -5.11. The van der Waals surface area contributed by atoms with E-state index in [1.165, 1.54) is 50.4 Å². The molecule has 0 radical (unpaired) electrons. The number of aliphatic imine (C=N–C) groups is 2. The Bertz CT molecular complexity index is 674. The number of hydrogen-bond acceptors (Lipinski definition) is 7. The van der Waals surface area contributed by atoms with Crippen LogP contribution in [0.3, 0.4) is 0 Å². The Balaban J connectivity index is 2.65. The summed E-state index contributed by atoms with van der Waals surface area (Å²) in [5, 5.41) is 0. The lowest BCUT2D eigenvalue weighted by Gasteiger charge is -2.32. The first-order valence-corrected chi connectivity index (χ1v) is 6.90. The molecule has 1 aromatic heterocycles. The molecule has 24 heavy (non-hydrogen) atoms. The maximum Gasteiger partial charge on any atom is 0.446 e. The SMILES string of the molecule is CCOC(=O)C1(C(F)(F)F)N=C(c2ccncc2)OC(N(C)C)=N1. The number of ether oxygens (including phenoxy) is 2. The van der Waals surface area contributed by atoms with E-state index in [2.05, 4.69) is 19.7 Å². The number of nitrogens with zero attached hydrogens (tertiary/aromatic N) is 4. The van der Waals surface area contributed by atoms with Gasteiger partial charge in [0.2, 0.25) is 5.90 Å². The predicted octanol–water partition coefficient (Wildman–Crippen LogP) is 1.60. The average molecular weight is 344 g/mol. The van der Waals surface area contributed by atoms with Crippen LogP contribution in [0.25, 0.3) is 0 Å². The number of halogens is 3. The lowest BCUT2D eigenvalue weighted by atomic mass is 10.1. The molecule has 1 aliphatic rings. The summed E-state index contributed by atoms with van der Waals surface area (Å²) in [5.41, 5.74) is -3.20. The summed E-state index contributed by atoms with van der Waals surface area (Å²) in [6, 6.07) is 2.40. The third-order valence-corrected chi connectivity index (χ3v) is 2.97. The van der Waals surface area contributed by atoms with Gasteiger partial charge in [-0.1, -0.05) is 0 Å². The zero-order valence-electron chi connectivity index (χ0n) is 13.2. The topological polar surface area (TPSA) is 76.4 Å². The highest BCUT2D eigenvalue weighted by Gasteiger charge is 2.65. The molecule has 0 saturated heterocycles. The van der Waals surface area contributed by atoms with Crippen molar-refractivity contribution in [3.05, 3.63) is 30.1 Å². The summed E-state index contributed by atoms with van der Waals surface area (Å²) in [7, 11) is 2.86. The van der Waals surface area contributed by atoms with Crippen molar-refractivity contribution in [3.63, 3.8) is 0 Å². The second-order valence-electron chi connectivity index (χ2n) is 4.93. The zero-order valence-corrected chi connectivity index (χ0v) is 13.2. The molecule has 0 N–H and O–H groups in total. The molecule has 0 fully saturated rings. The maximum atomic E-state index is 13.7. The second kappa shape index (κ2) is 6.46. The quantitative estimate of drug-likeness (QED) is 0.779. The fourth-order valence-electron chi connectivity index (χ4n) is 1.82. The van der Waals surface area contributed by atoms with Crippen molar-refractivity contribution in [1.29, 1.82) is 0 Å². The molecular formula is C14H15F3N4O3. The Hall–Kier alpha value is -2.65. The van der Waals surface area contributed by atoms with E-state index in [-0.39, 0.29) is 12.2 Å². The summed E-state index contributed by atoms with van der Waals surface area (Å²) in [4.78, 5) is 23.9. The summed E-state index contributed by atoms with van der Waals surface area (Å²) in [6.45, 7) is 1.15. The van der Waals surface area contributed by atoms with E-state index < -0.39 is 29.7 Å². The van der Waals surface area contributed by atoms with Crippen molar-refractivity contribution in [2.45, 2.75) is 18.8 Å². The van der Waals surface area contributed by atoms with Crippen LogP contribution in [-0.4, -0.2) is 60.3 Å². The first-order chi connectivity index (χ1) is 11.2. The Kier molecular flexibility index (Phi) is 4.76. The lowest BCUT2D eigenvalue weighted by molar-refractivity contribution is -0.204. The summed E-state index contributed by atoms with van der Waals surface area (Å²) in [5.74, 6) is -2.02. The van der Waals surface area contributed by atoms with Gasteiger partial charge in [-0.25, -0.2) is 4.79 Å². The van der Waals surface area contributed by atoms with E-state index in [1.54, 1.807) is 0 Å². The van der Waals surface area contributed by atoms with Gasteiger partial charge >= 0.3 is 17.8 Å². The molecular weight excluding hydrogens is 329 g/mol. The van der Waals surface area contributed by atoms with Crippen molar-refractivity contribution >= 4 is 17.9 Å². The Morgan fingerprint density at radius 1 is 1.29 bits per heavy atom. The smallest absolute Gasteiger partial charge is 0.446 e. The number of hydrogen-bond donors (Lipinski definition) is 0. The highest BCUT2D eigenvalue weighted by molar-refractivity contribution is 6.05. The van der Waals surface area contributed by atoms with Gasteiger partial charge in [0.25, 0.3) is 6.02 Å². The van der Waals surface area contributed by atoms with Gasteiger partial charge in [-0.3, -0.25) is 4.98 Å². The van der Waals surface area contributed by atoms with Crippen LogP contribution >= 0.6 is 0 Å². The minimum Gasteiger partial charge on any atom is -0.462 e. The Labute approximate surface area is 135 Å². The lowest BCUT2D eigenvalue weighted by Crippen LogP contribution is -2.54. The number of carbonyl (C=O) groups is 1. The maximum absolute atomic E-state index is 13.7. The van der Waals surface area contributed by atoms with Crippen LogP contribution < -0.4 is 0 Å². The molecule has 0 aliphatic carbocycles. The van der Waals surface area contributed by atoms with Crippen molar-refractivity contribution in [1.82, 2.24) is 9.88 Å². The second-order valence-corrected chi connectivity index (χ2v) is 4.93. The highest BCUT2D eigenvalue weighted by atomic mass is 19.4. The number of aromatic nitrogens is 1. The van der Waals surface area contributed by atoms with E-state index in [0.29, 0.717) is 0 Å². The number of alkyl halides is 3. The molecule has 0 aromatic carbocycles. The molecule has 7 nitrogen and oxygen atoms in total. The molecule has 10 heteroatoms. The van der Waals surface area contributed by atoms with Crippen molar-refractivity contribution in [2.75, 3.05) is 20.7 Å². The molecule has 1 atom stereocenters. The summed E-state index contributed by atoms with van der Waals surface area (Å²) >= 11 is 0. The first kappa shape index (κ1) is 17.7. The zero-order chi connectivity index (χ0) is 18.0. The molecule has 2 rings (SSSR count). The van der Waals surface area contributed by atoms with Crippen LogP contribution in [0.15, 0.2) is 34.5 Å². The van der Waals surface area contributed by atoms with Gasteiger partial charge in [0.1, 0.15) is 0 Å². The summed E-state index contributed by atoms with van der Waals surface area (Å²) in [6.07, 6.45) is -2.38. The van der Waals surface area contributed by atoms with E-state index in [0.717, 1.165) is 0 Å². The number of amidine groups is 1. The largest absolute Gasteiger partial charge is 0.462 e. The number of esters is 1. The van der Waals surface area contributed by atoms with Crippen LogP contribution in [0.4, 0.5) is 13.2 Å². The molecule has 1 aliphatic heterocycles. The summed E-state index contributed by atoms with van der Waals surface area (Å²) < 4.78 is 51.0. The number of pyridine rings is 1. The standard InChI is InChI=1S/C14H15F3N4O3/c1-4-23-11(22)13(14(15,16)17)19-10(9-5-7-18-8-6-9)24-12(20-13)21(2)3/h5-8H,4H2,1-3H3. The molecule has 1 aromatic rings. The van der Waals surface area contributed by atoms with Crippen molar-refractivity contribution in [2.24, 2.45) is 9.98 Å². The van der Waals surface area contributed by atoms with E-state index in [1.807, 2.05) is 0 Å². The minimum absolute atomic E-state index is 0.220. The average Bonchev–Trinajstić information content (AvgIpc) is 2.54. The fourth-order valence-corrected chi connectivity index (χ4v) is 1.82. The Morgan fingerprint density at radius 3 is 2.42 bits per heavy atom.